The van der Waals surface area contributed by atoms with Gasteiger partial charge in [0.25, 0.3) is 0 Å². The molecule has 2 rings (SSSR count). The molecule has 1 heterocycles. The second-order valence-corrected chi connectivity index (χ2v) is 4.85. The fourth-order valence-corrected chi connectivity index (χ4v) is 2.42. The van der Waals surface area contributed by atoms with Crippen LogP contribution in [0.1, 0.15) is 29.9 Å². The van der Waals surface area contributed by atoms with Gasteiger partial charge >= 0.3 is 0 Å². The normalized spacial score (nSPS) is 12.7. The third kappa shape index (κ3) is 3.22. The lowest BCUT2D eigenvalue weighted by Gasteiger charge is -2.17. The van der Waals surface area contributed by atoms with Crippen LogP contribution < -0.4 is 5.32 Å². The quantitative estimate of drug-likeness (QED) is 0.912. The number of rotatable bonds is 5. The van der Waals surface area contributed by atoms with Crippen molar-refractivity contribution in [2.45, 2.75) is 32.9 Å². The van der Waals surface area contributed by atoms with Crippen LogP contribution >= 0.6 is 0 Å². The van der Waals surface area contributed by atoms with Crippen LogP contribution in [0.2, 0.25) is 0 Å². The van der Waals surface area contributed by atoms with Crippen LogP contribution in [-0.4, -0.2) is 16.8 Å². The molecule has 0 fully saturated rings. The van der Waals surface area contributed by atoms with E-state index in [1.807, 2.05) is 31.6 Å². The molecule has 0 aliphatic heterocycles. The smallest absolute Gasteiger partial charge is 0.126 e. The van der Waals surface area contributed by atoms with Crippen LogP contribution in [0, 0.1) is 18.6 Å². The van der Waals surface area contributed by atoms with Crippen molar-refractivity contribution in [1.29, 1.82) is 0 Å². The van der Waals surface area contributed by atoms with Crippen LogP contribution in [0.3, 0.4) is 0 Å². The van der Waals surface area contributed by atoms with Crippen LogP contribution in [0.5, 0.6) is 0 Å². The molecule has 1 atom stereocenters. The third-order valence-electron chi connectivity index (χ3n) is 3.30. The Morgan fingerprint density at radius 2 is 1.85 bits per heavy atom. The van der Waals surface area contributed by atoms with E-state index in [9.17, 15) is 8.78 Å². The van der Waals surface area contributed by atoms with Gasteiger partial charge in [0.1, 0.15) is 11.6 Å². The fraction of sp³-hybridized carbons (Fsp3) is 0.400. The predicted molar refractivity (Wildman–Crippen MR) is 74.5 cm³/mol. The molecule has 1 aromatic heterocycles. The van der Waals surface area contributed by atoms with Crippen LogP contribution in [0.25, 0.3) is 0 Å². The van der Waals surface area contributed by atoms with Gasteiger partial charge in [-0.1, -0.05) is 0 Å². The Kier molecular flexibility index (Phi) is 4.49. The first kappa shape index (κ1) is 14.7. The van der Waals surface area contributed by atoms with Gasteiger partial charge in [-0.05, 0) is 51.1 Å². The standard InChI is InChI=1S/C15H19F2N3/c1-4-20-15(5-10(2)19-20)14(18-3)8-11-6-12(16)9-13(17)7-11/h5-7,9,14,18H,4,8H2,1-3H3. The van der Waals surface area contributed by atoms with Crippen LogP contribution in [0.4, 0.5) is 8.78 Å². The molecule has 0 aliphatic carbocycles. The van der Waals surface area contributed by atoms with Gasteiger partial charge in [-0.3, -0.25) is 4.68 Å². The highest BCUT2D eigenvalue weighted by atomic mass is 19.1. The molecule has 0 amide bonds. The number of benzene rings is 1. The van der Waals surface area contributed by atoms with Crippen LogP contribution in [0.15, 0.2) is 24.3 Å². The summed E-state index contributed by atoms with van der Waals surface area (Å²) in [6, 6.07) is 5.59. The lowest BCUT2D eigenvalue weighted by molar-refractivity contribution is 0.508. The van der Waals surface area contributed by atoms with Crippen molar-refractivity contribution in [3.8, 4) is 0 Å². The number of nitrogens with zero attached hydrogens (tertiary/aromatic N) is 2. The second kappa shape index (κ2) is 6.13. The summed E-state index contributed by atoms with van der Waals surface area (Å²) in [5.41, 5.74) is 2.59. The predicted octanol–water partition coefficient (Wildman–Crippen LogP) is 2.99. The maximum Gasteiger partial charge on any atom is 0.126 e. The Hall–Kier alpha value is -1.75. The average molecular weight is 279 g/mol. The SMILES string of the molecule is CCn1nc(C)cc1C(Cc1cc(F)cc(F)c1)NC. The van der Waals surface area contributed by atoms with E-state index in [1.54, 1.807) is 0 Å². The molecule has 0 radical (unpaired) electrons. The van der Waals surface area contributed by atoms with Crippen molar-refractivity contribution in [3.63, 3.8) is 0 Å². The highest BCUT2D eigenvalue weighted by Gasteiger charge is 2.16. The number of hydrogen-bond acceptors (Lipinski definition) is 2. The highest BCUT2D eigenvalue weighted by Crippen LogP contribution is 2.20. The van der Waals surface area contributed by atoms with E-state index in [1.165, 1.54) is 12.1 Å². The zero-order valence-corrected chi connectivity index (χ0v) is 12.0. The largest absolute Gasteiger partial charge is 0.311 e. The Morgan fingerprint density at radius 1 is 1.20 bits per heavy atom. The maximum atomic E-state index is 13.3. The first-order chi connectivity index (χ1) is 9.53. The Bertz CT molecular complexity index is 573. The van der Waals surface area contributed by atoms with Crippen molar-refractivity contribution in [2.75, 3.05) is 7.05 Å². The van der Waals surface area contributed by atoms with Crippen molar-refractivity contribution >= 4 is 0 Å². The van der Waals surface area contributed by atoms with E-state index in [4.69, 9.17) is 0 Å². The summed E-state index contributed by atoms with van der Waals surface area (Å²) < 4.78 is 28.4. The first-order valence-electron chi connectivity index (χ1n) is 6.70. The molecule has 1 aromatic carbocycles. The van der Waals surface area contributed by atoms with Crippen molar-refractivity contribution in [2.24, 2.45) is 0 Å². The topological polar surface area (TPSA) is 29.9 Å². The van der Waals surface area contributed by atoms with Gasteiger partial charge in [-0.2, -0.15) is 5.10 Å². The average Bonchev–Trinajstić information content (AvgIpc) is 2.76. The molecule has 1 unspecified atom stereocenters. The number of likely N-dealkylation sites (N-methyl/N-ethyl adjacent to an activating group) is 1. The number of aromatic nitrogens is 2. The molecular weight excluding hydrogens is 260 g/mol. The molecule has 1 N–H and O–H groups in total. The van der Waals surface area contributed by atoms with E-state index in [0.717, 1.165) is 24.0 Å². The minimum Gasteiger partial charge on any atom is -0.311 e. The molecular formula is C15H19F2N3. The number of aryl methyl sites for hydroxylation is 2. The van der Waals surface area contributed by atoms with Gasteiger partial charge < -0.3 is 5.32 Å². The van der Waals surface area contributed by atoms with Gasteiger partial charge in [-0.25, -0.2) is 8.78 Å². The summed E-state index contributed by atoms with van der Waals surface area (Å²) in [4.78, 5) is 0. The zero-order chi connectivity index (χ0) is 14.7. The van der Waals surface area contributed by atoms with E-state index in [0.29, 0.717) is 12.0 Å². The van der Waals surface area contributed by atoms with E-state index in [2.05, 4.69) is 10.4 Å². The Labute approximate surface area is 117 Å². The van der Waals surface area contributed by atoms with Crippen molar-refractivity contribution in [1.82, 2.24) is 15.1 Å². The Morgan fingerprint density at radius 3 is 2.40 bits per heavy atom. The second-order valence-electron chi connectivity index (χ2n) is 4.85. The minimum atomic E-state index is -0.546. The summed E-state index contributed by atoms with van der Waals surface area (Å²) >= 11 is 0. The molecule has 0 bridgehead atoms. The molecule has 0 spiro atoms. The third-order valence-corrected chi connectivity index (χ3v) is 3.30. The van der Waals surface area contributed by atoms with E-state index < -0.39 is 11.6 Å². The van der Waals surface area contributed by atoms with Gasteiger partial charge in [-0.15, -0.1) is 0 Å². The summed E-state index contributed by atoms with van der Waals surface area (Å²) in [7, 11) is 1.84. The molecule has 2 aromatic rings. The van der Waals surface area contributed by atoms with E-state index >= 15 is 0 Å². The summed E-state index contributed by atoms with van der Waals surface area (Å²) in [5, 5.41) is 7.59. The highest BCUT2D eigenvalue weighted by molar-refractivity contribution is 5.22. The summed E-state index contributed by atoms with van der Waals surface area (Å²) in [6.07, 6.45) is 0.510. The fourth-order valence-electron chi connectivity index (χ4n) is 2.42. The lowest BCUT2D eigenvalue weighted by atomic mass is 10.0. The molecule has 0 saturated heterocycles. The number of nitrogens with one attached hydrogen (secondary N) is 1. The summed E-state index contributed by atoms with van der Waals surface area (Å²) in [6.45, 7) is 4.72. The monoisotopic (exact) mass is 279 g/mol. The van der Waals surface area contributed by atoms with Crippen LogP contribution in [-0.2, 0) is 13.0 Å². The van der Waals surface area contributed by atoms with Gasteiger partial charge in [0, 0.05) is 12.6 Å². The van der Waals surface area contributed by atoms with Gasteiger partial charge in [0.2, 0.25) is 0 Å². The van der Waals surface area contributed by atoms with Crippen molar-refractivity contribution < 1.29 is 8.78 Å². The Balaban J connectivity index is 2.28. The molecule has 0 saturated carbocycles. The summed E-state index contributed by atoms with van der Waals surface area (Å²) in [5.74, 6) is -1.09. The van der Waals surface area contributed by atoms with Gasteiger partial charge in [0.05, 0.1) is 17.4 Å². The molecule has 3 nitrogen and oxygen atoms in total. The van der Waals surface area contributed by atoms with E-state index in [-0.39, 0.29) is 6.04 Å². The molecule has 20 heavy (non-hydrogen) atoms. The molecule has 108 valence electrons. The number of halogens is 2. The minimum absolute atomic E-state index is 0.0302. The first-order valence-corrected chi connectivity index (χ1v) is 6.70. The molecule has 5 heteroatoms. The lowest BCUT2D eigenvalue weighted by Crippen LogP contribution is -2.22. The zero-order valence-electron chi connectivity index (χ0n) is 12.0. The van der Waals surface area contributed by atoms with Crippen molar-refractivity contribution in [3.05, 3.63) is 52.9 Å². The van der Waals surface area contributed by atoms with Gasteiger partial charge in [0.15, 0.2) is 0 Å². The number of hydrogen-bond donors (Lipinski definition) is 1. The molecule has 0 aliphatic rings. The maximum absolute atomic E-state index is 13.3.